The van der Waals surface area contributed by atoms with E-state index in [1.807, 2.05) is 12.1 Å². The van der Waals surface area contributed by atoms with E-state index in [2.05, 4.69) is 16.7 Å². The van der Waals surface area contributed by atoms with E-state index in [9.17, 15) is 4.79 Å². The van der Waals surface area contributed by atoms with E-state index in [1.165, 1.54) is 25.7 Å². The van der Waals surface area contributed by atoms with E-state index >= 15 is 0 Å². The van der Waals surface area contributed by atoms with Crippen molar-refractivity contribution < 1.29 is 4.79 Å². The van der Waals surface area contributed by atoms with Gasteiger partial charge in [0, 0.05) is 11.7 Å². The Hall–Kier alpha value is -2.02. The molecule has 0 unspecified atom stereocenters. The van der Waals surface area contributed by atoms with Gasteiger partial charge in [0.2, 0.25) is 5.91 Å². The summed E-state index contributed by atoms with van der Waals surface area (Å²) in [7, 11) is 0. The van der Waals surface area contributed by atoms with Gasteiger partial charge in [-0.2, -0.15) is 5.26 Å². The maximum atomic E-state index is 11.9. The SMILES string of the molecule is N#Cc1cccc(NCC(=O)NC2CCCCCC2)c1. The molecule has 1 aliphatic rings. The molecule has 1 aliphatic carbocycles. The number of hydrogen-bond acceptors (Lipinski definition) is 3. The summed E-state index contributed by atoms with van der Waals surface area (Å²) in [4.78, 5) is 11.9. The quantitative estimate of drug-likeness (QED) is 0.828. The molecule has 0 aromatic heterocycles. The number of nitrogens with one attached hydrogen (secondary N) is 2. The molecule has 1 aromatic carbocycles. The van der Waals surface area contributed by atoms with Crippen molar-refractivity contribution in [2.45, 2.75) is 44.6 Å². The third kappa shape index (κ3) is 4.58. The zero-order valence-corrected chi connectivity index (χ0v) is 11.7. The summed E-state index contributed by atoms with van der Waals surface area (Å²) >= 11 is 0. The number of rotatable bonds is 4. The topological polar surface area (TPSA) is 64.9 Å². The van der Waals surface area contributed by atoms with Crippen molar-refractivity contribution in [1.82, 2.24) is 5.32 Å². The summed E-state index contributed by atoms with van der Waals surface area (Å²) < 4.78 is 0. The molecule has 0 heterocycles. The molecule has 4 heteroatoms. The number of benzene rings is 1. The standard InChI is InChI=1S/C16H21N3O/c17-11-13-6-5-9-15(10-13)18-12-16(20)19-14-7-3-1-2-4-8-14/h5-6,9-10,14,18H,1-4,7-8,12H2,(H,19,20). The molecule has 2 N–H and O–H groups in total. The third-order valence-corrected chi connectivity index (χ3v) is 3.67. The fourth-order valence-corrected chi connectivity index (χ4v) is 2.58. The minimum absolute atomic E-state index is 0.0271. The van der Waals surface area contributed by atoms with Crippen molar-refractivity contribution in [2.75, 3.05) is 11.9 Å². The van der Waals surface area contributed by atoms with Gasteiger partial charge in [-0.1, -0.05) is 31.7 Å². The van der Waals surface area contributed by atoms with Gasteiger partial charge in [0.05, 0.1) is 18.2 Å². The molecule has 20 heavy (non-hydrogen) atoms. The van der Waals surface area contributed by atoms with Crippen molar-refractivity contribution >= 4 is 11.6 Å². The first-order valence-corrected chi connectivity index (χ1v) is 7.31. The highest BCUT2D eigenvalue weighted by molar-refractivity contribution is 5.81. The third-order valence-electron chi connectivity index (χ3n) is 3.67. The Balaban J connectivity index is 1.78. The van der Waals surface area contributed by atoms with Crippen molar-refractivity contribution in [3.63, 3.8) is 0 Å². The predicted molar refractivity (Wildman–Crippen MR) is 79.3 cm³/mol. The average Bonchev–Trinajstić information content (AvgIpc) is 2.74. The number of nitriles is 1. The minimum atomic E-state index is 0.0271. The number of hydrogen-bond donors (Lipinski definition) is 2. The Labute approximate surface area is 120 Å². The van der Waals surface area contributed by atoms with Crippen molar-refractivity contribution in [1.29, 1.82) is 5.26 Å². The van der Waals surface area contributed by atoms with Crippen molar-refractivity contribution in [3.05, 3.63) is 29.8 Å². The van der Waals surface area contributed by atoms with E-state index in [0.29, 0.717) is 11.6 Å². The van der Waals surface area contributed by atoms with Gasteiger partial charge in [-0.15, -0.1) is 0 Å². The van der Waals surface area contributed by atoms with E-state index in [0.717, 1.165) is 18.5 Å². The lowest BCUT2D eigenvalue weighted by molar-refractivity contribution is -0.120. The molecule has 1 amide bonds. The Morgan fingerprint density at radius 2 is 2.00 bits per heavy atom. The highest BCUT2D eigenvalue weighted by atomic mass is 16.1. The van der Waals surface area contributed by atoms with Gasteiger partial charge < -0.3 is 10.6 Å². The van der Waals surface area contributed by atoms with Crippen LogP contribution in [0.5, 0.6) is 0 Å². The molecule has 0 spiro atoms. The van der Waals surface area contributed by atoms with Gasteiger partial charge in [0.25, 0.3) is 0 Å². The number of anilines is 1. The summed E-state index contributed by atoms with van der Waals surface area (Å²) in [5.74, 6) is 0.0271. The summed E-state index contributed by atoms with van der Waals surface area (Å²) in [6.07, 6.45) is 7.17. The second kappa shape index (κ2) is 7.54. The minimum Gasteiger partial charge on any atom is -0.376 e. The molecule has 1 fully saturated rings. The number of carbonyl (C=O) groups is 1. The molecular formula is C16H21N3O. The summed E-state index contributed by atoms with van der Waals surface area (Å²) in [5, 5.41) is 15.0. The Bertz CT molecular complexity index is 485. The number of nitrogens with zero attached hydrogens (tertiary/aromatic N) is 1. The second-order valence-electron chi connectivity index (χ2n) is 5.30. The van der Waals surface area contributed by atoms with Gasteiger partial charge in [0.15, 0.2) is 0 Å². The monoisotopic (exact) mass is 271 g/mol. The molecule has 0 saturated heterocycles. The van der Waals surface area contributed by atoms with Crippen LogP contribution in [0.2, 0.25) is 0 Å². The Morgan fingerprint density at radius 3 is 2.70 bits per heavy atom. The first-order valence-electron chi connectivity index (χ1n) is 7.31. The fraction of sp³-hybridized carbons (Fsp3) is 0.500. The van der Waals surface area contributed by atoms with Crippen LogP contribution >= 0.6 is 0 Å². The second-order valence-corrected chi connectivity index (χ2v) is 5.30. The molecule has 0 atom stereocenters. The van der Waals surface area contributed by atoms with Crippen LogP contribution in [0.1, 0.15) is 44.1 Å². The molecule has 4 nitrogen and oxygen atoms in total. The molecule has 0 aliphatic heterocycles. The molecule has 1 aromatic rings. The van der Waals surface area contributed by atoms with Gasteiger partial charge in [0.1, 0.15) is 0 Å². The lowest BCUT2D eigenvalue weighted by Gasteiger charge is -2.16. The molecular weight excluding hydrogens is 250 g/mol. The van der Waals surface area contributed by atoms with Crippen LogP contribution in [0.15, 0.2) is 24.3 Å². The average molecular weight is 271 g/mol. The largest absolute Gasteiger partial charge is 0.376 e. The highest BCUT2D eigenvalue weighted by Crippen LogP contribution is 2.17. The predicted octanol–water partition coefficient (Wildman–Crippen LogP) is 2.81. The molecule has 1 saturated carbocycles. The zero-order chi connectivity index (χ0) is 14.2. The van der Waals surface area contributed by atoms with Crippen LogP contribution < -0.4 is 10.6 Å². The van der Waals surface area contributed by atoms with E-state index in [-0.39, 0.29) is 12.5 Å². The van der Waals surface area contributed by atoms with Crippen molar-refractivity contribution in [2.24, 2.45) is 0 Å². The Kier molecular flexibility index (Phi) is 5.43. The van der Waals surface area contributed by atoms with Crippen molar-refractivity contribution in [3.8, 4) is 6.07 Å². The molecule has 2 rings (SSSR count). The van der Waals surface area contributed by atoms with Crippen LogP contribution in [0.4, 0.5) is 5.69 Å². The highest BCUT2D eigenvalue weighted by Gasteiger charge is 2.14. The van der Waals surface area contributed by atoms with Crippen LogP contribution in [-0.4, -0.2) is 18.5 Å². The maximum absolute atomic E-state index is 11.9. The van der Waals surface area contributed by atoms with Gasteiger partial charge in [-0.3, -0.25) is 4.79 Å². The molecule has 106 valence electrons. The van der Waals surface area contributed by atoms with Gasteiger partial charge >= 0.3 is 0 Å². The lowest BCUT2D eigenvalue weighted by Crippen LogP contribution is -2.38. The number of amides is 1. The Morgan fingerprint density at radius 1 is 1.25 bits per heavy atom. The van der Waals surface area contributed by atoms with Crippen LogP contribution in [0.3, 0.4) is 0 Å². The molecule has 0 bridgehead atoms. The molecule has 0 radical (unpaired) electrons. The normalized spacial score (nSPS) is 15.9. The van der Waals surface area contributed by atoms with Gasteiger partial charge in [-0.05, 0) is 31.0 Å². The summed E-state index contributed by atoms with van der Waals surface area (Å²) in [6, 6.07) is 9.58. The summed E-state index contributed by atoms with van der Waals surface area (Å²) in [6.45, 7) is 0.255. The smallest absolute Gasteiger partial charge is 0.239 e. The number of carbonyl (C=O) groups excluding carboxylic acids is 1. The first kappa shape index (κ1) is 14.4. The van der Waals surface area contributed by atoms with E-state index in [1.54, 1.807) is 12.1 Å². The summed E-state index contributed by atoms with van der Waals surface area (Å²) in [5.41, 5.74) is 1.40. The maximum Gasteiger partial charge on any atom is 0.239 e. The van der Waals surface area contributed by atoms with Crippen LogP contribution in [0.25, 0.3) is 0 Å². The zero-order valence-electron chi connectivity index (χ0n) is 11.7. The first-order chi connectivity index (χ1) is 9.78. The van der Waals surface area contributed by atoms with E-state index < -0.39 is 0 Å². The fourth-order valence-electron chi connectivity index (χ4n) is 2.58. The van der Waals surface area contributed by atoms with E-state index in [4.69, 9.17) is 5.26 Å². The van der Waals surface area contributed by atoms with Crippen LogP contribution in [-0.2, 0) is 4.79 Å². The van der Waals surface area contributed by atoms with Crippen LogP contribution in [0, 0.1) is 11.3 Å². The lowest BCUT2D eigenvalue weighted by atomic mass is 10.1. The van der Waals surface area contributed by atoms with Gasteiger partial charge in [-0.25, -0.2) is 0 Å².